The van der Waals surface area contributed by atoms with Gasteiger partial charge >= 0.3 is 0 Å². The molecule has 2 aromatic carbocycles. The molecule has 25 heavy (non-hydrogen) atoms. The lowest BCUT2D eigenvalue weighted by atomic mass is 10.2. The maximum absolute atomic E-state index is 9.90. The predicted octanol–water partition coefficient (Wildman–Crippen LogP) is 5.86. The summed E-state index contributed by atoms with van der Waals surface area (Å²) in [5.41, 5.74) is 1.10. The summed E-state index contributed by atoms with van der Waals surface area (Å²) in [5.74, 6) is 0.210. The van der Waals surface area contributed by atoms with Crippen LogP contribution in [0.25, 0.3) is 0 Å². The Balaban J connectivity index is 1.86. The molecule has 132 valence electrons. The summed E-state index contributed by atoms with van der Waals surface area (Å²) in [7, 11) is 0. The molecular formula is C17H14Br2Cl2N2O2. The minimum atomic E-state index is 0.105. The Labute approximate surface area is 172 Å². The fourth-order valence-electron chi connectivity index (χ4n) is 1.95. The van der Waals surface area contributed by atoms with Gasteiger partial charge in [-0.15, -0.1) is 0 Å². The van der Waals surface area contributed by atoms with Crippen molar-refractivity contribution in [2.45, 2.75) is 6.42 Å². The molecule has 0 heterocycles. The Morgan fingerprint density at radius 2 is 1.20 bits per heavy atom. The standard InChI is InChI=1S/C17H14Br2Cl2N2O2/c18-14-6-12(20)4-10(16(14)24)8-22-2-1-3-23-9-11-5-13(21)7-15(19)17(11)25/h4-9,24-25H,1-3H2. The van der Waals surface area contributed by atoms with Crippen molar-refractivity contribution in [1.29, 1.82) is 0 Å². The van der Waals surface area contributed by atoms with Crippen LogP contribution in [-0.4, -0.2) is 35.7 Å². The van der Waals surface area contributed by atoms with Crippen molar-refractivity contribution in [1.82, 2.24) is 0 Å². The van der Waals surface area contributed by atoms with Crippen LogP contribution in [0.4, 0.5) is 0 Å². The lowest BCUT2D eigenvalue weighted by Gasteiger charge is -2.03. The van der Waals surface area contributed by atoms with E-state index < -0.39 is 0 Å². The van der Waals surface area contributed by atoms with Gasteiger partial charge in [0.2, 0.25) is 0 Å². The molecule has 0 fully saturated rings. The molecule has 0 amide bonds. The number of rotatable bonds is 6. The van der Waals surface area contributed by atoms with Crippen LogP contribution in [0.5, 0.6) is 11.5 Å². The lowest BCUT2D eigenvalue weighted by Crippen LogP contribution is -1.91. The summed E-state index contributed by atoms with van der Waals surface area (Å²) in [5, 5.41) is 20.8. The van der Waals surface area contributed by atoms with Gasteiger partial charge in [0, 0.05) is 46.7 Å². The van der Waals surface area contributed by atoms with Crippen molar-refractivity contribution in [2.24, 2.45) is 9.98 Å². The van der Waals surface area contributed by atoms with Crippen LogP contribution in [0.3, 0.4) is 0 Å². The predicted molar refractivity (Wildman–Crippen MR) is 111 cm³/mol. The van der Waals surface area contributed by atoms with Gasteiger partial charge in [-0.2, -0.15) is 0 Å². The van der Waals surface area contributed by atoms with Gasteiger partial charge in [0.05, 0.1) is 8.95 Å². The second-order valence-corrected chi connectivity index (χ2v) is 7.66. The van der Waals surface area contributed by atoms with Crippen LogP contribution in [0, 0.1) is 0 Å². The quantitative estimate of drug-likeness (QED) is 0.379. The highest BCUT2D eigenvalue weighted by Crippen LogP contribution is 2.31. The first-order chi connectivity index (χ1) is 11.9. The fourth-order valence-corrected chi connectivity index (χ4v) is 3.62. The molecule has 0 radical (unpaired) electrons. The molecule has 0 aliphatic rings. The van der Waals surface area contributed by atoms with E-state index in [0.29, 0.717) is 43.2 Å². The summed E-state index contributed by atoms with van der Waals surface area (Å²) in [4.78, 5) is 8.52. The fraction of sp³-hybridized carbons (Fsp3) is 0.176. The van der Waals surface area contributed by atoms with Gasteiger partial charge in [-0.25, -0.2) is 0 Å². The van der Waals surface area contributed by atoms with Crippen LogP contribution >= 0.6 is 55.1 Å². The van der Waals surface area contributed by atoms with Gasteiger partial charge in [-0.1, -0.05) is 23.2 Å². The molecule has 0 saturated heterocycles. The Morgan fingerprint density at radius 3 is 1.60 bits per heavy atom. The molecule has 0 aromatic heterocycles. The van der Waals surface area contributed by atoms with Gasteiger partial charge in [0.25, 0.3) is 0 Å². The van der Waals surface area contributed by atoms with Gasteiger partial charge in [-0.05, 0) is 62.5 Å². The maximum Gasteiger partial charge on any atom is 0.138 e. The third-order valence-corrected chi connectivity index (χ3v) is 4.80. The molecule has 2 aromatic rings. The molecule has 2 rings (SSSR count). The summed E-state index contributed by atoms with van der Waals surface area (Å²) in [6, 6.07) is 6.52. The zero-order valence-electron chi connectivity index (χ0n) is 12.9. The molecule has 8 heteroatoms. The third kappa shape index (κ3) is 5.99. The molecule has 4 nitrogen and oxygen atoms in total. The minimum Gasteiger partial charge on any atom is -0.506 e. The Bertz CT molecular complexity index is 759. The van der Waals surface area contributed by atoms with E-state index in [1.165, 1.54) is 0 Å². The third-order valence-electron chi connectivity index (χ3n) is 3.15. The molecular weight excluding hydrogens is 495 g/mol. The average molecular weight is 509 g/mol. The van der Waals surface area contributed by atoms with E-state index in [9.17, 15) is 10.2 Å². The number of aromatic hydroxyl groups is 2. The zero-order chi connectivity index (χ0) is 18.4. The summed E-state index contributed by atoms with van der Waals surface area (Å²) < 4.78 is 1.05. The van der Waals surface area contributed by atoms with Crippen molar-refractivity contribution in [3.63, 3.8) is 0 Å². The van der Waals surface area contributed by atoms with E-state index in [-0.39, 0.29) is 11.5 Å². The van der Waals surface area contributed by atoms with E-state index in [2.05, 4.69) is 41.8 Å². The second kappa shape index (κ2) is 9.57. The largest absolute Gasteiger partial charge is 0.506 e. The maximum atomic E-state index is 9.90. The van der Waals surface area contributed by atoms with Gasteiger partial charge in [-0.3, -0.25) is 9.98 Å². The highest BCUT2D eigenvalue weighted by molar-refractivity contribution is 9.10. The molecule has 2 N–H and O–H groups in total. The molecule has 0 aliphatic carbocycles. The highest BCUT2D eigenvalue weighted by atomic mass is 79.9. The Hall–Kier alpha value is -1.08. The first-order valence-corrected chi connectivity index (χ1v) is 9.58. The average Bonchev–Trinajstić information content (AvgIpc) is 2.55. The van der Waals surface area contributed by atoms with Crippen LogP contribution in [0.15, 0.2) is 43.2 Å². The van der Waals surface area contributed by atoms with E-state index in [0.717, 1.165) is 6.42 Å². The number of phenolic OH excluding ortho intramolecular Hbond substituents is 2. The van der Waals surface area contributed by atoms with Crippen LogP contribution < -0.4 is 0 Å². The number of phenols is 2. The van der Waals surface area contributed by atoms with Gasteiger partial charge < -0.3 is 10.2 Å². The Kier molecular flexibility index (Phi) is 7.75. The molecule has 0 bridgehead atoms. The van der Waals surface area contributed by atoms with E-state index in [1.54, 1.807) is 36.7 Å². The van der Waals surface area contributed by atoms with E-state index in [1.807, 2.05) is 0 Å². The topological polar surface area (TPSA) is 65.2 Å². The molecule has 0 aliphatic heterocycles. The van der Waals surface area contributed by atoms with Crippen molar-refractivity contribution < 1.29 is 10.2 Å². The number of hydrogen-bond donors (Lipinski definition) is 2. The Morgan fingerprint density at radius 1 is 0.800 bits per heavy atom. The first-order valence-electron chi connectivity index (χ1n) is 7.24. The lowest BCUT2D eigenvalue weighted by molar-refractivity contribution is 0.470. The highest BCUT2D eigenvalue weighted by Gasteiger charge is 2.06. The van der Waals surface area contributed by atoms with Crippen molar-refractivity contribution in [3.8, 4) is 11.5 Å². The number of hydrogen-bond acceptors (Lipinski definition) is 4. The van der Waals surface area contributed by atoms with Gasteiger partial charge in [0.15, 0.2) is 0 Å². The molecule has 0 atom stereocenters. The smallest absolute Gasteiger partial charge is 0.138 e. The molecule has 0 saturated carbocycles. The van der Waals surface area contributed by atoms with Crippen molar-refractivity contribution in [3.05, 3.63) is 54.4 Å². The van der Waals surface area contributed by atoms with Crippen LogP contribution in [0.2, 0.25) is 10.0 Å². The SMILES string of the molecule is Oc1c(Br)cc(Cl)cc1C=NCCCN=Cc1cc(Cl)cc(Br)c1O. The number of benzene rings is 2. The van der Waals surface area contributed by atoms with Crippen molar-refractivity contribution >= 4 is 67.5 Å². The van der Waals surface area contributed by atoms with E-state index >= 15 is 0 Å². The first kappa shape index (κ1) is 20.2. The van der Waals surface area contributed by atoms with Crippen LogP contribution in [-0.2, 0) is 0 Å². The molecule has 0 unspecified atom stereocenters. The normalized spacial score (nSPS) is 11.7. The number of aliphatic imine (C=N–C) groups is 2. The monoisotopic (exact) mass is 506 g/mol. The minimum absolute atomic E-state index is 0.105. The number of halogens is 4. The number of nitrogens with zero attached hydrogens (tertiary/aromatic N) is 2. The molecule has 0 spiro atoms. The van der Waals surface area contributed by atoms with Crippen LogP contribution in [0.1, 0.15) is 17.5 Å². The van der Waals surface area contributed by atoms with Gasteiger partial charge in [0.1, 0.15) is 11.5 Å². The summed E-state index contributed by atoms with van der Waals surface area (Å²) in [6.45, 7) is 1.10. The second-order valence-electron chi connectivity index (χ2n) is 5.08. The zero-order valence-corrected chi connectivity index (χ0v) is 17.6. The van der Waals surface area contributed by atoms with E-state index in [4.69, 9.17) is 23.2 Å². The van der Waals surface area contributed by atoms with Crippen molar-refractivity contribution in [2.75, 3.05) is 13.1 Å². The summed E-state index contributed by atoms with van der Waals surface area (Å²) >= 11 is 18.3. The summed E-state index contributed by atoms with van der Waals surface area (Å²) in [6.07, 6.45) is 3.88.